The molecular formula is C21H17F7O. The fourth-order valence-electron chi connectivity index (χ4n) is 3.63. The van der Waals surface area contributed by atoms with Crippen LogP contribution in [-0.2, 0) is 0 Å². The van der Waals surface area contributed by atoms with Crippen molar-refractivity contribution in [3.05, 3.63) is 65.2 Å². The van der Waals surface area contributed by atoms with Crippen molar-refractivity contribution in [2.75, 3.05) is 0 Å². The Morgan fingerprint density at radius 1 is 0.793 bits per heavy atom. The summed E-state index contributed by atoms with van der Waals surface area (Å²) in [6, 6.07) is 0.788. The molecule has 0 radical (unpaired) electrons. The first-order valence-corrected chi connectivity index (χ1v) is 9.04. The lowest BCUT2D eigenvalue weighted by Gasteiger charge is -2.26. The normalized spacial score (nSPS) is 19.2. The van der Waals surface area contributed by atoms with Crippen LogP contribution in [0.3, 0.4) is 0 Å². The lowest BCUT2D eigenvalue weighted by Crippen LogP contribution is -2.11. The molecule has 0 N–H and O–H groups in total. The molecule has 3 rings (SSSR count). The minimum absolute atomic E-state index is 0.00106. The van der Waals surface area contributed by atoms with Crippen molar-refractivity contribution in [1.82, 2.24) is 0 Å². The molecule has 156 valence electrons. The summed E-state index contributed by atoms with van der Waals surface area (Å²) in [7, 11) is 0. The van der Waals surface area contributed by atoms with Gasteiger partial charge in [-0.15, -0.1) is 0 Å². The predicted octanol–water partition coefficient (Wildman–Crippen LogP) is 7.62. The molecule has 0 aromatic heterocycles. The second kappa shape index (κ2) is 8.47. The average Bonchev–Trinajstić information content (AvgIpc) is 2.64. The molecule has 0 amide bonds. The molecule has 1 fully saturated rings. The van der Waals surface area contributed by atoms with Crippen LogP contribution < -0.4 is 4.74 Å². The van der Waals surface area contributed by atoms with Gasteiger partial charge in [0.05, 0.1) is 5.56 Å². The molecule has 1 aliphatic rings. The zero-order valence-electron chi connectivity index (χ0n) is 15.3. The quantitative estimate of drug-likeness (QED) is 0.367. The lowest BCUT2D eigenvalue weighted by molar-refractivity contribution is 0.227. The van der Waals surface area contributed by atoms with Crippen LogP contribution in [0.5, 0.6) is 5.75 Å². The van der Waals surface area contributed by atoms with Gasteiger partial charge in [-0.2, -0.15) is 13.2 Å². The van der Waals surface area contributed by atoms with Crippen molar-refractivity contribution in [2.45, 2.75) is 38.5 Å². The van der Waals surface area contributed by atoms with Crippen LogP contribution in [0.4, 0.5) is 30.7 Å². The standard InChI is InChI=1S/C21H17F7O/c1-10-2-4-11(5-3-10)12-6-14(22)18(15(23)7-12)13-8-16(24)19(17(25)9-13)29-21(28)20(26)27/h6-11H,2-5H2,1H3. The van der Waals surface area contributed by atoms with Gasteiger partial charge >= 0.3 is 12.1 Å². The summed E-state index contributed by atoms with van der Waals surface area (Å²) in [4.78, 5) is 0. The van der Waals surface area contributed by atoms with Gasteiger partial charge in [0.2, 0.25) is 5.75 Å². The number of halogens is 7. The third-order valence-corrected chi connectivity index (χ3v) is 5.18. The van der Waals surface area contributed by atoms with Crippen molar-refractivity contribution >= 4 is 0 Å². The number of rotatable bonds is 4. The summed E-state index contributed by atoms with van der Waals surface area (Å²) in [6.07, 6.45) is 0.561. The van der Waals surface area contributed by atoms with E-state index in [4.69, 9.17) is 0 Å². The van der Waals surface area contributed by atoms with E-state index in [9.17, 15) is 30.7 Å². The van der Waals surface area contributed by atoms with Gasteiger partial charge in [-0.25, -0.2) is 17.6 Å². The van der Waals surface area contributed by atoms with Crippen molar-refractivity contribution in [3.63, 3.8) is 0 Å². The Morgan fingerprint density at radius 3 is 1.79 bits per heavy atom. The predicted molar refractivity (Wildman–Crippen MR) is 93.1 cm³/mol. The molecule has 0 unspecified atom stereocenters. The van der Waals surface area contributed by atoms with Crippen LogP contribution in [0.2, 0.25) is 0 Å². The van der Waals surface area contributed by atoms with Gasteiger partial charge in [-0.1, -0.05) is 19.8 Å². The van der Waals surface area contributed by atoms with Gasteiger partial charge in [0.15, 0.2) is 11.6 Å². The Morgan fingerprint density at radius 2 is 1.31 bits per heavy atom. The molecular weight excluding hydrogens is 401 g/mol. The fourth-order valence-corrected chi connectivity index (χ4v) is 3.63. The zero-order valence-corrected chi connectivity index (χ0v) is 15.3. The summed E-state index contributed by atoms with van der Waals surface area (Å²) in [5.74, 6) is -6.07. The van der Waals surface area contributed by atoms with Gasteiger partial charge < -0.3 is 4.74 Å². The maximum atomic E-state index is 14.6. The summed E-state index contributed by atoms with van der Waals surface area (Å²) < 4.78 is 98.1. The van der Waals surface area contributed by atoms with Crippen LogP contribution >= 0.6 is 0 Å². The largest absolute Gasteiger partial charge is 0.422 e. The molecule has 0 spiro atoms. The van der Waals surface area contributed by atoms with Crippen LogP contribution in [0.15, 0.2) is 36.4 Å². The lowest BCUT2D eigenvalue weighted by atomic mass is 9.79. The molecule has 1 nitrogen and oxygen atoms in total. The van der Waals surface area contributed by atoms with Crippen LogP contribution in [0.25, 0.3) is 11.1 Å². The molecule has 2 aromatic carbocycles. The SMILES string of the molecule is CC1CCC(c2cc(F)c(-c3cc(F)c(OC(F)=C(F)F)c(F)c3)c(F)c2)CC1. The minimum Gasteiger partial charge on any atom is -0.422 e. The van der Waals surface area contributed by atoms with Gasteiger partial charge in [-0.05, 0) is 60.1 Å². The van der Waals surface area contributed by atoms with Crippen molar-refractivity contribution < 1.29 is 35.5 Å². The number of ether oxygens (including phenoxy) is 1. The first kappa shape index (κ1) is 21.2. The maximum absolute atomic E-state index is 14.6. The summed E-state index contributed by atoms with van der Waals surface area (Å²) in [5.41, 5.74) is -0.701. The smallest absolute Gasteiger partial charge is 0.344 e. The van der Waals surface area contributed by atoms with Crippen molar-refractivity contribution in [2.24, 2.45) is 5.92 Å². The maximum Gasteiger partial charge on any atom is 0.344 e. The van der Waals surface area contributed by atoms with E-state index in [1.54, 1.807) is 0 Å². The Labute approximate surface area is 162 Å². The summed E-state index contributed by atoms with van der Waals surface area (Å²) >= 11 is 0. The Bertz CT molecular complexity index is 896. The number of benzene rings is 2. The van der Waals surface area contributed by atoms with Crippen LogP contribution in [0, 0.1) is 29.2 Å². The van der Waals surface area contributed by atoms with E-state index in [1.165, 1.54) is 0 Å². The van der Waals surface area contributed by atoms with Crippen molar-refractivity contribution in [3.8, 4) is 16.9 Å². The molecule has 1 aliphatic carbocycles. The second-order valence-electron chi connectivity index (χ2n) is 7.22. The first-order chi connectivity index (χ1) is 13.7. The van der Waals surface area contributed by atoms with Gasteiger partial charge in [0.1, 0.15) is 11.6 Å². The summed E-state index contributed by atoms with van der Waals surface area (Å²) in [6.45, 7) is 2.11. The van der Waals surface area contributed by atoms with E-state index in [0.29, 0.717) is 23.6 Å². The molecule has 0 aliphatic heterocycles. The molecule has 2 aromatic rings. The number of hydrogen-bond acceptors (Lipinski definition) is 1. The molecule has 29 heavy (non-hydrogen) atoms. The fraction of sp³-hybridized carbons (Fsp3) is 0.333. The van der Waals surface area contributed by atoms with Gasteiger partial charge in [-0.3, -0.25) is 0 Å². The third-order valence-electron chi connectivity index (χ3n) is 5.18. The van der Waals surface area contributed by atoms with Crippen LogP contribution in [0.1, 0.15) is 44.1 Å². The van der Waals surface area contributed by atoms with Crippen LogP contribution in [-0.4, -0.2) is 0 Å². The van der Waals surface area contributed by atoms with E-state index in [0.717, 1.165) is 37.8 Å². The molecule has 0 bridgehead atoms. The van der Waals surface area contributed by atoms with E-state index < -0.39 is 52.2 Å². The highest BCUT2D eigenvalue weighted by Crippen LogP contribution is 2.39. The minimum atomic E-state index is -2.90. The monoisotopic (exact) mass is 418 g/mol. The summed E-state index contributed by atoms with van der Waals surface area (Å²) in [5, 5.41) is 0. The topological polar surface area (TPSA) is 9.23 Å². The average molecular weight is 418 g/mol. The number of hydrogen-bond donors (Lipinski definition) is 0. The van der Waals surface area contributed by atoms with E-state index in [2.05, 4.69) is 11.7 Å². The highest BCUT2D eigenvalue weighted by atomic mass is 19.3. The van der Waals surface area contributed by atoms with E-state index >= 15 is 0 Å². The van der Waals surface area contributed by atoms with E-state index in [1.807, 2.05) is 0 Å². The molecule has 8 heteroatoms. The van der Waals surface area contributed by atoms with Crippen molar-refractivity contribution in [1.29, 1.82) is 0 Å². The first-order valence-electron chi connectivity index (χ1n) is 9.04. The highest BCUT2D eigenvalue weighted by Gasteiger charge is 2.24. The molecule has 1 saturated carbocycles. The second-order valence-corrected chi connectivity index (χ2v) is 7.22. The van der Waals surface area contributed by atoms with E-state index in [-0.39, 0.29) is 5.92 Å². The van der Waals surface area contributed by atoms with Gasteiger partial charge in [0.25, 0.3) is 0 Å². The van der Waals surface area contributed by atoms with Gasteiger partial charge in [0, 0.05) is 0 Å². The molecule has 0 atom stereocenters. The highest BCUT2D eigenvalue weighted by molar-refractivity contribution is 5.66. The Kier molecular flexibility index (Phi) is 6.19. The molecule has 0 heterocycles. The zero-order chi connectivity index (χ0) is 21.3. The third kappa shape index (κ3) is 4.57. The Balaban J connectivity index is 1.95. The Hall–Kier alpha value is -2.51. The molecule has 0 saturated heterocycles.